The van der Waals surface area contributed by atoms with E-state index < -0.39 is 0 Å². The third-order valence-electron chi connectivity index (χ3n) is 5.02. The second kappa shape index (κ2) is 30.9. The van der Waals surface area contributed by atoms with E-state index in [0.29, 0.717) is 0 Å². The summed E-state index contributed by atoms with van der Waals surface area (Å²) in [5.41, 5.74) is 0. The normalized spacial score (nSPS) is 16.8. The second-order valence-electron chi connectivity index (χ2n) is 7.78. The average molecular weight is 555 g/mol. The molecular formula is C22H53N4S2SiY-. The van der Waals surface area contributed by atoms with Crippen LogP contribution in [0.2, 0.25) is 6.55 Å². The average Bonchev–Trinajstić information content (AvgIpc) is 3.27. The van der Waals surface area contributed by atoms with Crippen molar-refractivity contribution in [3.8, 4) is 0 Å². The van der Waals surface area contributed by atoms with E-state index >= 15 is 0 Å². The minimum atomic E-state index is 0. The smallest absolute Gasteiger partial charge is 0.0338 e. The van der Waals surface area contributed by atoms with Gasteiger partial charge in [0.1, 0.15) is 0 Å². The molecule has 30 heavy (non-hydrogen) atoms. The maximum absolute atomic E-state index is 3.50. The summed E-state index contributed by atoms with van der Waals surface area (Å²) in [5, 5.41) is 3.50. The van der Waals surface area contributed by atoms with Crippen molar-refractivity contribution in [1.29, 1.82) is 0 Å². The van der Waals surface area contributed by atoms with E-state index in [-0.39, 0.29) is 42.2 Å². The van der Waals surface area contributed by atoms with Gasteiger partial charge in [0.05, 0.1) is 0 Å². The molecule has 0 aromatic rings. The van der Waals surface area contributed by atoms with E-state index in [2.05, 4.69) is 53.0 Å². The number of rotatable bonds is 9. The first-order valence-electron chi connectivity index (χ1n) is 11.7. The number of piperidine rings is 1. The topological polar surface area (TPSA) is 23.8 Å². The van der Waals surface area contributed by atoms with Crippen LogP contribution in [0.3, 0.4) is 0 Å². The van der Waals surface area contributed by atoms with E-state index in [1.165, 1.54) is 95.6 Å². The fraction of sp³-hybridized carbons (Fsp3) is 1.00. The first kappa shape index (κ1) is 36.4. The summed E-state index contributed by atoms with van der Waals surface area (Å²) in [7, 11) is 5.96. The van der Waals surface area contributed by atoms with Gasteiger partial charge in [-0.05, 0) is 84.1 Å². The molecule has 0 spiro atoms. The molecule has 4 nitrogen and oxygen atoms in total. The summed E-state index contributed by atoms with van der Waals surface area (Å²) in [4.78, 5) is 7.50. The van der Waals surface area contributed by atoms with Crippen LogP contribution in [0.5, 0.6) is 0 Å². The molecule has 0 atom stereocenters. The first-order valence-corrected chi connectivity index (χ1v) is 16.9. The first-order chi connectivity index (χ1) is 14.1. The van der Waals surface area contributed by atoms with Crippen LogP contribution in [0.15, 0.2) is 0 Å². The fourth-order valence-corrected chi connectivity index (χ4v) is 5.13. The molecule has 2 aliphatic heterocycles. The molecule has 0 bridgehead atoms. The van der Waals surface area contributed by atoms with Gasteiger partial charge >= 0.3 is 0 Å². The third-order valence-corrected chi connectivity index (χ3v) is 7.41. The van der Waals surface area contributed by atoms with Crippen molar-refractivity contribution in [2.24, 2.45) is 0 Å². The molecule has 2 fully saturated rings. The monoisotopic (exact) mass is 554 g/mol. The Labute approximate surface area is 226 Å². The van der Waals surface area contributed by atoms with Crippen molar-refractivity contribution < 1.29 is 32.7 Å². The van der Waals surface area contributed by atoms with Crippen molar-refractivity contribution in [1.82, 2.24) is 14.7 Å². The van der Waals surface area contributed by atoms with Crippen molar-refractivity contribution in [3.63, 3.8) is 0 Å². The summed E-state index contributed by atoms with van der Waals surface area (Å²) in [5.74, 6) is 2.61. The maximum atomic E-state index is 3.50. The standard InChI is InChI=1S/C8H17NS.C7H15NS.C5H15NSi.C2H6N.Y/c1-10-8-7-9-5-3-2-4-6-9;1-9-7-6-8-4-2-3-5-8;1-4-6(2)5-7-3;1-3-2;/h2-8H2,1H3;2-7H2,1H3;4-5,7H2,1-3H3;1-2H3;/q;;;-1;. The van der Waals surface area contributed by atoms with Crippen LogP contribution in [0.4, 0.5) is 0 Å². The van der Waals surface area contributed by atoms with E-state index in [0.717, 1.165) is 0 Å². The Morgan fingerprint density at radius 1 is 0.833 bits per heavy atom. The minimum Gasteiger partial charge on any atom is -0.668 e. The van der Waals surface area contributed by atoms with Gasteiger partial charge in [-0.15, -0.1) is 0 Å². The van der Waals surface area contributed by atoms with Gasteiger partial charge < -0.3 is 20.0 Å². The quantitative estimate of drug-likeness (QED) is 0.401. The Morgan fingerprint density at radius 3 is 1.47 bits per heavy atom. The molecule has 2 heterocycles. The van der Waals surface area contributed by atoms with Gasteiger partial charge in [-0.3, -0.25) is 0 Å². The number of hydrogen-bond acceptors (Lipinski definition) is 5. The molecule has 8 heteroatoms. The number of likely N-dealkylation sites (tertiary alicyclic amines) is 2. The molecule has 2 rings (SSSR count). The molecule has 0 N–H and O–H groups in total. The van der Waals surface area contributed by atoms with Crippen LogP contribution < -0.4 is 0 Å². The molecule has 0 aliphatic carbocycles. The molecule has 2 saturated heterocycles. The second-order valence-corrected chi connectivity index (χ2v) is 11.2. The van der Waals surface area contributed by atoms with Gasteiger partial charge in [0.25, 0.3) is 0 Å². The molecule has 0 aromatic carbocycles. The number of thioether (sulfide) groups is 2. The van der Waals surface area contributed by atoms with Crippen molar-refractivity contribution in [2.75, 3.05) is 97.1 Å². The molecule has 181 valence electrons. The predicted molar refractivity (Wildman–Crippen MR) is 146 cm³/mol. The minimum absolute atomic E-state index is 0. The number of hydrogen-bond donors (Lipinski definition) is 0. The van der Waals surface area contributed by atoms with Crippen molar-refractivity contribution in [3.05, 3.63) is 5.32 Å². The van der Waals surface area contributed by atoms with Crippen LogP contribution in [-0.4, -0.2) is 121 Å². The maximum Gasteiger partial charge on any atom is 0.0338 e. The van der Waals surface area contributed by atoms with Crippen LogP contribution >= 0.6 is 23.5 Å². The van der Waals surface area contributed by atoms with Gasteiger partial charge in [-0.25, -0.2) is 0 Å². The Hall–Kier alpha value is 1.86. The van der Waals surface area contributed by atoms with E-state index in [1.807, 2.05) is 23.5 Å². The van der Waals surface area contributed by atoms with Crippen LogP contribution in [-0.2, 0) is 32.7 Å². The van der Waals surface area contributed by atoms with Crippen LogP contribution in [0, 0.1) is 0 Å². The summed E-state index contributed by atoms with van der Waals surface area (Å²) < 4.78 is 0. The van der Waals surface area contributed by atoms with Gasteiger partial charge in [-0.1, -0.05) is 19.9 Å². The zero-order valence-electron chi connectivity index (χ0n) is 21.5. The molecule has 0 aromatic heterocycles. The third kappa shape index (κ3) is 27.9. The van der Waals surface area contributed by atoms with Crippen LogP contribution in [0.1, 0.15) is 39.0 Å². The van der Waals surface area contributed by atoms with Gasteiger partial charge in [0.2, 0.25) is 0 Å². The van der Waals surface area contributed by atoms with Crippen LogP contribution in [0.25, 0.3) is 5.32 Å². The predicted octanol–water partition coefficient (Wildman–Crippen LogP) is 4.01. The molecular weight excluding hydrogens is 501 g/mol. The molecule has 0 amide bonds. The zero-order valence-corrected chi connectivity index (χ0v) is 27.4. The van der Waals surface area contributed by atoms with E-state index in [1.54, 1.807) is 14.1 Å². The summed E-state index contributed by atoms with van der Waals surface area (Å²) >= 11 is 3.90. The summed E-state index contributed by atoms with van der Waals surface area (Å²) in [6.45, 7) is 13.8. The molecule has 0 unspecified atom stereocenters. The van der Waals surface area contributed by atoms with Crippen molar-refractivity contribution >= 4 is 33.0 Å². The molecule has 2 aliphatic rings. The summed E-state index contributed by atoms with van der Waals surface area (Å²) in [6, 6.07) is 0. The zero-order chi connectivity index (χ0) is 22.2. The van der Waals surface area contributed by atoms with E-state index in [9.17, 15) is 0 Å². The van der Waals surface area contributed by atoms with Gasteiger partial charge in [-0.2, -0.15) is 37.6 Å². The largest absolute Gasteiger partial charge is 0.668 e. The molecule has 1 radical (unpaired) electrons. The number of nitrogens with zero attached hydrogens (tertiary/aromatic N) is 4. The Bertz CT molecular complexity index is 296. The van der Waals surface area contributed by atoms with Gasteiger partial charge in [0, 0.05) is 66.8 Å². The Morgan fingerprint density at radius 2 is 1.20 bits per heavy atom. The Kier molecular flexibility index (Phi) is 37.5. The van der Waals surface area contributed by atoms with Gasteiger partial charge in [0.15, 0.2) is 0 Å². The fourth-order valence-electron chi connectivity index (χ4n) is 3.17. The van der Waals surface area contributed by atoms with Crippen molar-refractivity contribution in [2.45, 2.75) is 45.6 Å². The summed E-state index contributed by atoms with van der Waals surface area (Å²) in [6.07, 6.45) is 12.9. The SMILES string of the molecule is CCN(C)C[SiH2]C.CSCCN1CCCC1.CSCCN1CCCCC1.C[N-]C.[Y]. The molecule has 0 saturated carbocycles. The Balaban J connectivity index is -0.000000341. The van der Waals surface area contributed by atoms with E-state index in [4.69, 9.17) is 0 Å².